The van der Waals surface area contributed by atoms with Crippen molar-refractivity contribution < 1.29 is 0 Å². The monoisotopic (exact) mass is 289 g/mol. The largest absolute Gasteiger partial charge is 0.185 e. The molecule has 0 spiro atoms. The molecule has 0 amide bonds. The molecule has 0 heterocycles. The predicted octanol–water partition coefficient (Wildman–Crippen LogP) is 3.40. The van der Waals surface area contributed by atoms with E-state index in [0.717, 1.165) is 16.2 Å². The molecule has 0 aliphatic rings. The molecule has 50 valence electrons. The molecule has 0 aromatic rings. The van der Waals surface area contributed by atoms with Gasteiger partial charge in [0.25, 0.3) is 0 Å². The molecule has 0 atom stereocenters. The number of hydrogen-bond donors (Lipinski definition) is 0. The van der Waals surface area contributed by atoms with E-state index in [1.54, 1.807) is 0 Å². The van der Waals surface area contributed by atoms with Gasteiger partial charge in [-0.2, -0.15) is 5.26 Å². The fraction of sp³-hybridized carbons (Fsp3) is 0.250. The number of nitriles is 1. The average Bonchev–Trinajstić information content (AvgIpc) is 1.82. The van der Waals surface area contributed by atoms with Crippen LogP contribution in [0.25, 0.3) is 0 Å². The van der Waals surface area contributed by atoms with Crippen LogP contribution in [-0.4, -0.2) is 5.75 Å². The molecular weight excluding hydrogens is 289 g/mol. The van der Waals surface area contributed by atoms with Crippen molar-refractivity contribution in [2.75, 3.05) is 5.75 Å². The molecule has 0 bridgehead atoms. The standard InChI is InChI=1S/C4H2Br2ClNS/c5-3(4(6)7)1-9-2-8/h1H2. The van der Waals surface area contributed by atoms with Gasteiger partial charge in [-0.15, -0.1) is 0 Å². The van der Waals surface area contributed by atoms with Crippen LogP contribution in [0.5, 0.6) is 0 Å². The molecule has 1 nitrogen and oxygen atoms in total. The number of rotatable bonds is 2. The Morgan fingerprint density at radius 2 is 2.22 bits per heavy atom. The quantitative estimate of drug-likeness (QED) is 0.728. The molecule has 0 fully saturated rings. The summed E-state index contributed by atoms with van der Waals surface area (Å²) in [7, 11) is 0. The summed E-state index contributed by atoms with van der Waals surface area (Å²) in [6.07, 6.45) is 0. The minimum Gasteiger partial charge on any atom is -0.185 e. The van der Waals surface area contributed by atoms with E-state index in [4.69, 9.17) is 16.9 Å². The molecule has 0 saturated heterocycles. The van der Waals surface area contributed by atoms with Crippen molar-refractivity contribution in [3.63, 3.8) is 0 Å². The van der Waals surface area contributed by atoms with Gasteiger partial charge in [0.2, 0.25) is 0 Å². The predicted molar refractivity (Wildman–Crippen MR) is 48.8 cm³/mol. The Morgan fingerprint density at radius 3 is 2.56 bits per heavy atom. The summed E-state index contributed by atoms with van der Waals surface area (Å²) >= 11 is 12.8. The molecule has 0 aromatic heterocycles. The molecule has 0 aliphatic carbocycles. The van der Waals surface area contributed by atoms with Crippen LogP contribution in [0.4, 0.5) is 0 Å². The normalized spacial score (nSPS) is 12.2. The maximum atomic E-state index is 8.11. The molecule has 0 aromatic carbocycles. The summed E-state index contributed by atoms with van der Waals surface area (Å²) in [5.74, 6) is 0.584. The van der Waals surface area contributed by atoms with Gasteiger partial charge in [0.05, 0.1) is 3.94 Å². The smallest absolute Gasteiger partial charge is 0.133 e. The molecule has 0 aliphatic heterocycles. The van der Waals surface area contributed by atoms with Gasteiger partial charge in [-0.1, -0.05) is 27.5 Å². The number of thioether (sulfide) groups is 1. The lowest BCUT2D eigenvalue weighted by Crippen LogP contribution is -1.73. The number of thiocyanates is 1. The van der Waals surface area contributed by atoms with Crippen molar-refractivity contribution in [2.45, 2.75) is 0 Å². The van der Waals surface area contributed by atoms with E-state index in [-0.39, 0.29) is 0 Å². The third kappa shape index (κ3) is 5.28. The Bertz CT molecular complexity index is 158. The van der Waals surface area contributed by atoms with Crippen molar-refractivity contribution in [1.82, 2.24) is 0 Å². The van der Waals surface area contributed by atoms with E-state index < -0.39 is 0 Å². The second kappa shape index (κ2) is 5.60. The van der Waals surface area contributed by atoms with Crippen LogP contribution in [-0.2, 0) is 0 Å². The lowest BCUT2D eigenvalue weighted by atomic mass is 10.8. The number of halogens is 3. The first kappa shape index (κ1) is 9.83. The molecular formula is C4H2Br2ClNS. The summed E-state index contributed by atoms with van der Waals surface area (Å²) in [5.41, 5.74) is 0. The zero-order valence-corrected chi connectivity index (χ0v) is 8.94. The van der Waals surface area contributed by atoms with Gasteiger partial charge in [0.15, 0.2) is 0 Å². The van der Waals surface area contributed by atoms with Crippen LogP contribution in [0.15, 0.2) is 8.42 Å². The summed E-state index contributed by atoms with van der Waals surface area (Å²) < 4.78 is 1.32. The van der Waals surface area contributed by atoms with Gasteiger partial charge in [0.1, 0.15) is 5.40 Å². The van der Waals surface area contributed by atoms with Crippen LogP contribution in [0, 0.1) is 10.7 Å². The highest BCUT2D eigenvalue weighted by Crippen LogP contribution is 2.24. The van der Waals surface area contributed by atoms with Gasteiger partial charge in [-0.05, 0) is 27.7 Å². The second-order valence-electron chi connectivity index (χ2n) is 1.05. The minimum atomic E-state index is 0.519. The van der Waals surface area contributed by atoms with Gasteiger partial charge < -0.3 is 0 Å². The zero-order chi connectivity index (χ0) is 7.28. The Balaban J connectivity index is 3.67. The van der Waals surface area contributed by atoms with Crippen LogP contribution in [0.2, 0.25) is 0 Å². The minimum absolute atomic E-state index is 0.519. The highest BCUT2D eigenvalue weighted by Gasteiger charge is 1.96. The van der Waals surface area contributed by atoms with Crippen LogP contribution >= 0.6 is 55.2 Å². The Morgan fingerprint density at radius 1 is 1.67 bits per heavy atom. The van der Waals surface area contributed by atoms with Crippen molar-refractivity contribution in [3.8, 4) is 5.40 Å². The number of nitrogens with zero attached hydrogens (tertiary/aromatic N) is 1. The van der Waals surface area contributed by atoms with E-state index in [0.29, 0.717) is 9.69 Å². The summed E-state index contributed by atoms with van der Waals surface area (Å²) in [6.45, 7) is 0. The molecule has 0 N–H and O–H groups in total. The average molecular weight is 291 g/mol. The molecule has 0 saturated carbocycles. The van der Waals surface area contributed by atoms with E-state index in [2.05, 4.69) is 31.9 Å². The van der Waals surface area contributed by atoms with Crippen LogP contribution in [0.1, 0.15) is 0 Å². The molecule has 0 radical (unpaired) electrons. The van der Waals surface area contributed by atoms with Gasteiger partial charge >= 0.3 is 0 Å². The van der Waals surface area contributed by atoms with E-state index in [1.165, 1.54) is 0 Å². The van der Waals surface area contributed by atoms with Crippen molar-refractivity contribution in [2.24, 2.45) is 0 Å². The Labute approximate surface area is 79.7 Å². The first-order valence-electron chi connectivity index (χ1n) is 1.89. The number of hydrogen-bond acceptors (Lipinski definition) is 2. The molecule has 9 heavy (non-hydrogen) atoms. The summed E-state index contributed by atoms with van der Waals surface area (Å²) in [5, 5.41) is 10.0. The SMILES string of the molecule is N#CSCC(Br)=C(Cl)Br. The molecule has 0 unspecified atom stereocenters. The summed E-state index contributed by atoms with van der Waals surface area (Å²) in [6, 6.07) is 0. The van der Waals surface area contributed by atoms with Crippen LogP contribution < -0.4 is 0 Å². The lowest BCUT2D eigenvalue weighted by molar-refractivity contribution is 1.56. The van der Waals surface area contributed by atoms with Gasteiger partial charge in [-0.3, -0.25) is 0 Å². The lowest BCUT2D eigenvalue weighted by Gasteiger charge is -1.90. The molecule has 0 rings (SSSR count). The zero-order valence-electron chi connectivity index (χ0n) is 4.20. The highest BCUT2D eigenvalue weighted by molar-refractivity contribution is 9.14. The van der Waals surface area contributed by atoms with E-state index in [1.807, 2.05) is 5.40 Å². The van der Waals surface area contributed by atoms with Crippen molar-refractivity contribution in [1.29, 1.82) is 5.26 Å². The third-order valence-corrected chi connectivity index (χ3v) is 3.55. The first-order valence-corrected chi connectivity index (χ1v) is 4.84. The Kier molecular flexibility index (Phi) is 6.12. The maximum Gasteiger partial charge on any atom is 0.133 e. The third-order valence-electron chi connectivity index (χ3n) is 0.469. The van der Waals surface area contributed by atoms with Crippen LogP contribution in [0.3, 0.4) is 0 Å². The van der Waals surface area contributed by atoms with E-state index in [9.17, 15) is 0 Å². The topological polar surface area (TPSA) is 23.8 Å². The highest BCUT2D eigenvalue weighted by atomic mass is 79.9. The fourth-order valence-corrected chi connectivity index (χ4v) is 1.30. The first-order chi connectivity index (χ1) is 4.18. The molecule has 5 heteroatoms. The van der Waals surface area contributed by atoms with Crippen molar-refractivity contribution >= 4 is 55.2 Å². The Hall–Kier alpha value is 0.830. The summed E-state index contributed by atoms with van der Waals surface area (Å²) in [4.78, 5) is 0. The van der Waals surface area contributed by atoms with E-state index >= 15 is 0 Å². The maximum absolute atomic E-state index is 8.11. The van der Waals surface area contributed by atoms with Gasteiger partial charge in [0, 0.05) is 10.2 Å². The van der Waals surface area contributed by atoms with Crippen molar-refractivity contribution in [3.05, 3.63) is 8.42 Å². The van der Waals surface area contributed by atoms with Gasteiger partial charge in [-0.25, -0.2) is 0 Å². The second-order valence-corrected chi connectivity index (χ2v) is 4.39. The fourth-order valence-electron chi connectivity index (χ4n) is 0.150.